The summed E-state index contributed by atoms with van der Waals surface area (Å²) in [4.78, 5) is 0. The Morgan fingerprint density at radius 1 is 1.05 bits per heavy atom. The molecule has 0 aliphatic carbocycles. The summed E-state index contributed by atoms with van der Waals surface area (Å²) in [7, 11) is 0. The molecule has 0 aliphatic heterocycles. The zero-order valence-electron chi connectivity index (χ0n) is 12.6. The minimum Gasteiger partial charge on any atom is -0.397 e. The first-order valence-corrected chi connectivity index (χ1v) is 7.25. The number of nitrogen functional groups attached to an aromatic ring is 1. The van der Waals surface area contributed by atoms with Crippen LogP contribution >= 0.6 is 0 Å². The standard InChI is InChI=1S/C18H24N2/c1-13(2)16-7-5-15(6-8-16)10-11-20-18-12-14(3)4-9-17(18)19/h4-9,12-13,20H,10-11,19H2,1-3H3. The molecule has 2 aromatic rings. The molecule has 0 heterocycles. The summed E-state index contributed by atoms with van der Waals surface area (Å²) in [6, 6.07) is 15.0. The van der Waals surface area contributed by atoms with Gasteiger partial charge in [-0.25, -0.2) is 0 Å². The van der Waals surface area contributed by atoms with Crippen LogP contribution in [-0.2, 0) is 6.42 Å². The molecule has 0 spiro atoms. The van der Waals surface area contributed by atoms with Gasteiger partial charge in [-0.15, -0.1) is 0 Å². The number of nitrogens with two attached hydrogens (primary N) is 1. The molecule has 0 saturated heterocycles. The maximum Gasteiger partial charge on any atom is 0.0576 e. The quantitative estimate of drug-likeness (QED) is 0.791. The van der Waals surface area contributed by atoms with Crippen LogP contribution in [0.25, 0.3) is 0 Å². The average Bonchev–Trinajstić information content (AvgIpc) is 2.43. The molecular formula is C18H24N2. The zero-order valence-corrected chi connectivity index (χ0v) is 12.6. The van der Waals surface area contributed by atoms with E-state index < -0.39 is 0 Å². The van der Waals surface area contributed by atoms with Crippen molar-refractivity contribution >= 4 is 11.4 Å². The van der Waals surface area contributed by atoms with E-state index in [1.165, 1.54) is 16.7 Å². The van der Waals surface area contributed by atoms with E-state index in [-0.39, 0.29) is 0 Å². The Morgan fingerprint density at radius 3 is 2.40 bits per heavy atom. The van der Waals surface area contributed by atoms with Crippen molar-refractivity contribution in [1.29, 1.82) is 0 Å². The first kappa shape index (κ1) is 14.4. The van der Waals surface area contributed by atoms with Gasteiger partial charge in [-0.2, -0.15) is 0 Å². The van der Waals surface area contributed by atoms with E-state index in [1.54, 1.807) is 0 Å². The maximum absolute atomic E-state index is 5.96. The monoisotopic (exact) mass is 268 g/mol. The zero-order chi connectivity index (χ0) is 14.5. The van der Waals surface area contributed by atoms with Crippen LogP contribution < -0.4 is 11.1 Å². The van der Waals surface area contributed by atoms with Crippen LogP contribution in [0.15, 0.2) is 42.5 Å². The Balaban J connectivity index is 1.91. The average molecular weight is 268 g/mol. The lowest BCUT2D eigenvalue weighted by Crippen LogP contribution is -2.07. The van der Waals surface area contributed by atoms with Gasteiger partial charge in [0.05, 0.1) is 11.4 Å². The number of benzene rings is 2. The van der Waals surface area contributed by atoms with Gasteiger partial charge >= 0.3 is 0 Å². The van der Waals surface area contributed by atoms with Crippen molar-refractivity contribution in [1.82, 2.24) is 0 Å². The predicted octanol–water partition coefficient (Wildman–Crippen LogP) is 4.36. The van der Waals surface area contributed by atoms with E-state index in [0.717, 1.165) is 24.3 Å². The molecule has 0 saturated carbocycles. The first-order valence-electron chi connectivity index (χ1n) is 7.25. The van der Waals surface area contributed by atoms with Gasteiger partial charge in [0.25, 0.3) is 0 Å². The van der Waals surface area contributed by atoms with Crippen molar-refractivity contribution in [2.45, 2.75) is 33.1 Å². The minimum atomic E-state index is 0.592. The van der Waals surface area contributed by atoms with Gasteiger partial charge in [0, 0.05) is 6.54 Å². The smallest absolute Gasteiger partial charge is 0.0576 e. The second-order valence-corrected chi connectivity index (χ2v) is 5.66. The van der Waals surface area contributed by atoms with Crippen LogP contribution in [-0.4, -0.2) is 6.54 Å². The third kappa shape index (κ3) is 3.77. The maximum atomic E-state index is 5.96. The topological polar surface area (TPSA) is 38.0 Å². The van der Waals surface area contributed by atoms with Crippen LogP contribution in [0.4, 0.5) is 11.4 Å². The highest BCUT2D eigenvalue weighted by Crippen LogP contribution is 2.20. The first-order chi connectivity index (χ1) is 9.56. The highest BCUT2D eigenvalue weighted by Gasteiger charge is 2.01. The largest absolute Gasteiger partial charge is 0.397 e. The molecule has 2 aromatic carbocycles. The molecule has 0 fully saturated rings. The van der Waals surface area contributed by atoms with Crippen molar-refractivity contribution in [2.24, 2.45) is 0 Å². The van der Waals surface area contributed by atoms with Crippen LogP contribution in [0.2, 0.25) is 0 Å². The number of hydrogen-bond acceptors (Lipinski definition) is 2. The molecule has 0 radical (unpaired) electrons. The lowest BCUT2D eigenvalue weighted by molar-refractivity contribution is 0.864. The van der Waals surface area contributed by atoms with Gasteiger partial charge in [-0.1, -0.05) is 44.2 Å². The molecule has 3 N–H and O–H groups in total. The Hall–Kier alpha value is -1.96. The van der Waals surface area contributed by atoms with E-state index in [0.29, 0.717) is 5.92 Å². The second-order valence-electron chi connectivity index (χ2n) is 5.66. The fourth-order valence-corrected chi connectivity index (χ4v) is 2.23. The van der Waals surface area contributed by atoms with Gasteiger partial charge in [-0.05, 0) is 48.1 Å². The molecule has 2 nitrogen and oxygen atoms in total. The van der Waals surface area contributed by atoms with Gasteiger partial charge in [-0.3, -0.25) is 0 Å². The van der Waals surface area contributed by atoms with Crippen molar-refractivity contribution in [2.75, 3.05) is 17.6 Å². The Morgan fingerprint density at radius 2 is 1.75 bits per heavy atom. The van der Waals surface area contributed by atoms with Gasteiger partial charge in [0.2, 0.25) is 0 Å². The molecule has 2 heteroatoms. The van der Waals surface area contributed by atoms with E-state index in [4.69, 9.17) is 5.73 Å². The lowest BCUT2D eigenvalue weighted by Gasteiger charge is -2.11. The molecule has 0 amide bonds. The summed E-state index contributed by atoms with van der Waals surface area (Å²) in [5.41, 5.74) is 11.8. The van der Waals surface area contributed by atoms with Gasteiger partial charge in [0.1, 0.15) is 0 Å². The molecule has 0 aromatic heterocycles. The van der Waals surface area contributed by atoms with Crippen LogP contribution in [0.5, 0.6) is 0 Å². The highest BCUT2D eigenvalue weighted by molar-refractivity contribution is 5.66. The molecule has 0 atom stereocenters. The highest BCUT2D eigenvalue weighted by atomic mass is 14.9. The summed E-state index contributed by atoms with van der Waals surface area (Å²) in [5.74, 6) is 0.592. The predicted molar refractivity (Wildman–Crippen MR) is 88.3 cm³/mol. The number of aryl methyl sites for hydroxylation is 1. The molecule has 0 bridgehead atoms. The van der Waals surface area contributed by atoms with E-state index >= 15 is 0 Å². The second kappa shape index (κ2) is 6.47. The Labute approximate surface area is 122 Å². The number of anilines is 2. The molecular weight excluding hydrogens is 244 g/mol. The van der Waals surface area contributed by atoms with Crippen molar-refractivity contribution in [3.63, 3.8) is 0 Å². The summed E-state index contributed by atoms with van der Waals surface area (Å²) in [6.45, 7) is 7.41. The van der Waals surface area contributed by atoms with E-state index in [9.17, 15) is 0 Å². The summed E-state index contributed by atoms with van der Waals surface area (Å²) in [6.07, 6.45) is 1.01. The molecule has 106 valence electrons. The van der Waals surface area contributed by atoms with Crippen LogP contribution in [0.1, 0.15) is 36.5 Å². The molecule has 20 heavy (non-hydrogen) atoms. The van der Waals surface area contributed by atoms with Crippen molar-refractivity contribution in [3.05, 3.63) is 59.2 Å². The third-order valence-electron chi connectivity index (χ3n) is 3.58. The Bertz CT molecular complexity index is 556. The summed E-state index contributed by atoms with van der Waals surface area (Å²) < 4.78 is 0. The fourth-order valence-electron chi connectivity index (χ4n) is 2.23. The molecule has 0 aliphatic rings. The number of nitrogens with one attached hydrogen (secondary N) is 1. The molecule has 0 unspecified atom stereocenters. The summed E-state index contributed by atoms with van der Waals surface area (Å²) >= 11 is 0. The SMILES string of the molecule is Cc1ccc(N)c(NCCc2ccc(C(C)C)cc2)c1. The van der Waals surface area contributed by atoms with E-state index in [2.05, 4.69) is 56.4 Å². The van der Waals surface area contributed by atoms with E-state index in [1.807, 2.05) is 12.1 Å². The van der Waals surface area contributed by atoms with Crippen molar-refractivity contribution < 1.29 is 0 Å². The van der Waals surface area contributed by atoms with Crippen LogP contribution in [0.3, 0.4) is 0 Å². The minimum absolute atomic E-state index is 0.592. The van der Waals surface area contributed by atoms with Gasteiger partial charge < -0.3 is 11.1 Å². The van der Waals surface area contributed by atoms with Crippen LogP contribution in [0, 0.1) is 6.92 Å². The van der Waals surface area contributed by atoms with Crippen molar-refractivity contribution in [3.8, 4) is 0 Å². The third-order valence-corrected chi connectivity index (χ3v) is 3.58. The fraction of sp³-hybridized carbons (Fsp3) is 0.333. The lowest BCUT2D eigenvalue weighted by atomic mass is 10.0. The number of hydrogen-bond donors (Lipinski definition) is 2. The van der Waals surface area contributed by atoms with Gasteiger partial charge in [0.15, 0.2) is 0 Å². The number of rotatable bonds is 5. The Kier molecular flexibility index (Phi) is 4.67. The molecule has 2 rings (SSSR count). The summed E-state index contributed by atoms with van der Waals surface area (Å²) in [5, 5.41) is 3.41. The normalized spacial score (nSPS) is 10.8.